The molecule has 35 heavy (non-hydrogen) atoms. The number of hydrogen-bond donors (Lipinski definition) is 4. The molecule has 3 heterocycles. The zero-order chi connectivity index (χ0) is 23.4. The number of amides is 1. The fourth-order valence-corrected chi connectivity index (χ4v) is 7.39. The summed E-state index contributed by atoms with van der Waals surface area (Å²) in [4.78, 5) is 15.4. The molecule has 3 aliphatic heterocycles. The molecular formula is C29H35N5O. The molecule has 2 aliphatic carbocycles. The van der Waals surface area contributed by atoms with Crippen molar-refractivity contribution in [3.63, 3.8) is 0 Å². The first-order valence-electron chi connectivity index (χ1n) is 13.4. The van der Waals surface area contributed by atoms with E-state index in [4.69, 9.17) is 0 Å². The van der Waals surface area contributed by atoms with Gasteiger partial charge in [-0.05, 0) is 72.8 Å². The summed E-state index contributed by atoms with van der Waals surface area (Å²) in [6, 6.07) is 18.1. The number of anilines is 2. The Morgan fingerprint density at radius 3 is 2.66 bits per heavy atom. The second-order valence-corrected chi connectivity index (χ2v) is 11.1. The monoisotopic (exact) mass is 469 g/mol. The number of nitrogens with zero attached hydrogens (tertiary/aromatic N) is 1. The van der Waals surface area contributed by atoms with Crippen LogP contribution in [-0.4, -0.2) is 44.2 Å². The summed E-state index contributed by atoms with van der Waals surface area (Å²) in [5, 5.41) is 6.56. The Morgan fingerprint density at radius 2 is 1.80 bits per heavy atom. The number of carbonyl (C=O) groups is 1. The Kier molecular flexibility index (Phi) is 5.23. The Hall–Kier alpha value is -2.67. The van der Waals surface area contributed by atoms with Crippen molar-refractivity contribution in [2.75, 3.05) is 36.4 Å². The molecule has 0 bridgehead atoms. The number of rotatable bonds is 4. The van der Waals surface area contributed by atoms with Gasteiger partial charge < -0.3 is 15.5 Å². The number of hydrazine groups is 1. The summed E-state index contributed by atoms with van der Waals surface area (Å²) in [5.41, 5.74) is 11.8. The molecule has 1 spiro atoms. The van der Waals surface area contributed by atoms with E-state index in [-0.39, 0.29) is 11.3 Å². The summed E-state index contributed by atoms with van der Waals surface area (Å²) >= 11 is 0. The normalized spacial score (nSPS) is 35.8. The molecule has 182 valence electrons. The Bertz CT molecular complexity index is 1140. The molecule has 5 aliphatic rings. The first-order valence-corrected chi connectivity index (χ1v) is 13.4. The number of para-hydroxylation sites is 1. The van der Waals surface area contributed by atoms with Crippen molar-refractivity contribution < 1.29 is 4.79 Å². The van der Waals surface area contributed by atoms with Crippen LogP contribution in [0.25, 0.3) is 6.08 Å². The molecule has 0 aromatic heterocycles. The first kappa shape index (κ1) is 21.6. The molecule has 6 atom stereocenters. The Labute approximate surface area is 207 Å². The molecule has 6 nitrogen and oxygen atoms in total. The zero-order valence-corrected chi connectivity index (χ0v) is 20.2. The molecule has 4 N–H and O–H groups in total. The fraction of sp³-hybridized carbons (Fsp3) is 0.483. The lowest BCUT2D eigenvalue weighted by Gasteiger charge is -2.33. The minimum absolute atomic E-state index is 0.229. The van der Waals surface area contributed by atoms with Gasteiger partial charge in [-0.25, -0.2) is 0 Å². The zero-order valence-electron chi connectivity index (χ0n) is 20.2. The summed E-state index contributed by atoms with van der Waals surface area (Å²) in [6.07, 6.45) is 9.21. The largest absolute Gasteiger partial charge is 0.369 e. The number of piperazine rings is 1. The second-order valence-electron chi connectivity index (χ2n) is 11.1. The molecule has 2 saturated heterocycles. The molecule has 2 aromatic carbocycles. The highest BCUT2D eigenvalue weighted by Crippen LogP contribution is 2.64. The van der Waals surface area contributed by atoms with Crippen LogP contribution < -0.4 is 26.4 Å². The van der Waals surface area contributed by atoms with Gasteiger partial charge >= 0.3 is 0 Å². The first-order chi connectivity index (χ1) is 17.2. The van der Waals surface area contributed by atoms with Crippen LogP contribution in [0.1, 0.15) is 36.8 Å². The number of nitrogens with one attached hydrogen (secondary N) is 4. The maximum atomic E-state index is 12.9. The summed E-state index contributed by atoms with van der Waals surface area (Å²) in [5.74, 6) is 1.94. The highest BCUT2D eigenvalue weighted by molar-refractivity contribution is 6.08. The molecule has 4 fully saturated rings. The predicted octanol–water partition coefficient (Wildman–Crippen LogP) is 3.28. The molecule has 2 saturated carbocycles. The number of carbonyl (C=O) groups excluding carboxylic acids is 1. The quantitative estimate of drug-likeness (QED) is 0.554. The van der Waals surface area contributed by atoms with Crippen molar-refractivity contribution in [2.24, 2.45) is 17.8 Å². The topological polar surface area (TPSA) is 68.4 Å². The number of benzene rings is 2. The standard InChI is InChI=1S/C29H35N5O/c35-28-29(23-3-1-2-4-26(23)31-28)18-24(29)20-8-11-22-25(32-33-27(22)17-20)12-7-19-5-9-21(10-6-19)34-15-13-30-14-16-34/h1-7,9-10,12,20,22,24-25,27,30,32-33H,8,11,13-18H2,(H,31,35)/b12-7+/t20?,22?,24?,25?,27?,29-/m0/s1. The van der Waals surface area contributed by atoms with Crippen LogP contribution in [0.3, 0.4) is 0 Å². The van der Waals surface area contributed by atoms with E-state index in [2.05, 4.69) is 74.9 Å². The van der Waals surface area contributed by atoms with Gasteiger partial charge in [-0.1, -0.05) is 42.5 Å². The van der Waals surface area contributed by atoms with Gasteiger partial charge in [0, 0.05) is 49.6 Å². The van der Waals surface area contributed by atoms with Gasteiger partial charge in [0.15, 0.2) is 0 Å². The van der Waals surface area contributed by atoms with Crippen LogP contribution in [0.5, 0.6) is 0 Å². The average Bonchev–Trinajstić information content (AvgIpc) is 3.44. The number of hydrogen-bond acceptors (Lipinski definition) is 5. The molecular weight excluding hydrogens is 434 g/mol. The van der Waals surface area contributed by atoms with Crippen LogP contribution in [0.2, 0.25) is 0 Å². The van der Waals surface area contributed by atoms with E-state index in [1.54, 1.807) is 0 Å². The van der Waals surface area contributed by atoms with Gasteiger partial charge in [-0.15, -0.1) is 0 Å². The Balaban J connectivity index is 0.983. The van der Waals surface area contributed by atoms with Gasteiger partial charge in [0.05, 0.1) is 5.41 Å². The van der Waals surface area contributed by atoms with Crippen LogP contribution in [-0.2, 0) is 10.2 Å². The molecule has 0 radical (unpaired) electrons. The summed E-state index contributed by atoms with van der Waals surface area (Å²) < 4.78 is 0. The van der Waals surface area contributed by atoms with E-state index in [0.717, 1.165) is 44.7 Å². The van der Waals surface area contributed by atoms with E-state index in [0.29, 0.717) is 29.8 Å². The third-order valence-corrected chi connectivity index (χ3v) is 9.36. The van der Waals surface area contributed by atoms with Crippen molar-refractivity contribution in [1.29, 1.82) is 0 Å². The lowest BCUT2D eigenvalue weighted by atomic mass is 9.73. The second kappa shape index (κ2) is 8.47. The summed E-state index contributed by atoms with van der Waals surface area (Å²) in [6.45, 7) is 4.29. The van der Waals surface area contributed by atoms with Crippen molar-refractivity contribution in [3.05, 3.63) is 65.7 Å². The lowest BCUT2D eigenvalue weighted by molar-refractivity contribution is -0.118. The maximum absolute atomic E-state index is 12.9. The van der Waals surface area contributed by atoms with Crippen molar-refractivity contribution >= 4 is 23.4 Å². The van der Waals surface area contributed by atoms with E-state index >= 15 is 0 Å². The van der Waals surface area contributed by atoms with Crippen molar-refractivity contribution in [2.45, 2.75) is 43.2 Å². The van der Waals surface area contributed by atoms with Gasteiger partial charge in [-0.2, -0.15) is 0 Å². The minimum Gasteiger partial charge on any atom is -0.369 e. The molecule has 7 rings (SSSR count). The third-order valence-electron chi connectivity index (χ3n) is 9.36. The van der Waals surface area contributed by atoms with Crippen LogP contribution in [0.15, 0.2) is 54.6 Å². The van der Waals surface area contributed by atoms with E-state index in [1.807, 2.05) is 12.1 Å². The predicted molar refractivity (Wildman–Crippen MR) is 140 cm³/mol. The maximum Gasteiger partial charge on any atom is 0.235 e. The molecule has 6 heteroatoms. The minimum atomic E-state index is -0.254. The van der Waals surface area contributed by atoms with Gasteiger partial charge in [0.25, 0.3) is 0 Å². The molecule has 1 amide bonds. The van der Waals surface area contributed by atoms with Crippen LogP contribution >= 0.6 is 0 Å². The van der Waals surface area contributed by atoms with Gasteiger partial charge in [0.2, 0.25) is 5.91 Å². The molecule has 5 unspecified atom stereocenters. The lowest BCUT2D eigenvalue weighted by Crippen LogP contribution is -2.43. The van der Waals surface area contributed by atoms with Gasteiger partial charge in [0.1, 0.15) is 0 Å². The van der Waals surface area contributed by atoms with Crippen molar-refractivity contribution in [1.82, 2.24) is 16.2 Å². The SMILES string of the molecule is O=C1Nc2ccccc2[C@]12CC2C1CCC2C(/C=C/c3ccc(N4CCNCC4)cc3)NNC2C1. The van der Waals surface area contributed by atoms with Crippen molar-refractivity contribution in [3.8, 4) is 0 Å². The van der Waals surface area contributed by atoms with E-state index < -0.39 is 0 Å². The highest BCUT2D eigenvalue weighted by Gasteiger charge is 2.67. The smallest absolute Gasteiger partial charge is 0.235 e. The summed E-state index contributed by atoms with van der Waals surface area (Å²) in [7, 11) is 0. The fourth-order valence-electron chi connectivity index (χ4n) is 7.39. The van der Waals surface area contributed by atoms with Crippen LogP contribution in [0, 0.1) is 17.8 Å². The Morgan fingerprint density at radius 1 is 0.971 bits per heavy atom. The average molecular weight is 470 g/mol. The third kappa shape index (κ3) is 3.62. The highest BCUT2D eigenvalue weighted by atomic mass is 16.2. The van der Waals surface area contributed by atoms with Gasteiger partial charge in [-0.3, -0.25) is 15.6 Å². The van der Waals surface area contributed by atoms with Crippen LogP contribution in [0.4, 0.5) is 11.4 Å². The van der Waals surface area contributed by atoms with E-state index in [9.17, 15) is 4.79 Å². The molecule has 2 aromatic rings. The van der Waals surface area contributed by atoms with E-state index in [1.165, 1.54) is 29.7 Å². The number of fused-ring (bicyclic) bond motifs is 3.